The molecule has 1 atom stereocenters. The maximum absolute atomic E-state index is 5.95. The van der Waals surface area contributed by atoms with Crippen LogP contribution < -0.4 is 5.32 Å². The minimum atomic E-state index is 0.580. The fraction of sp³-hybridized carbons (Fsp3) is 0.667. The summed E-state index contributed by atoms with van der Waals surface area (Å²) in [5.41, 5.74) is 1.24. The number of ether oxygens (including phenoxy) is 2. The summed E-state index contributed by atoms with van der Waals surface area (Å²) in [5, 5.41) is 3.46. The second kappa shape index (κ2) is 11.3. The minimum Gasteiger partial charge on any atom is -0.379 e. The smallest absolute Gasteiger partial charge is 0.193 e. The van der Waals surface area contributed by atoms with Gasteiger partial charge in [-0.15, -0.1) is 0 Å². The number of rotatable bonds is 8. The van der Waals surface area contributed by atoms with E-state index in [0.29, 0.717) is 12.5 Å². The Labute approximate surface area is 163 Å². The predicted octanol–water partition coefficient (Wildman–Crippen LogP) is 1.82. The lowest BCUT2D eigenvalue weighted by Gasteiger charge is -2.26. The van der Waals surface area contributed by atoms with Gasteiger partial charge in [0.15, 0.2) is 5.96 Å². The SMILES string of the molecule is CCNC(=NCCN1CCOCC1)N1CCC(COCc2ccccc2)C1. The standard InChI is InChI=1S/C21H34N4O2/c1-2-22-21(23-9-11-24-12-14-26-15-13-24)25-10-8-20(16-25)18-27-17-19-6-4-3-5-7-19/h3-7,20H,2,8-18H2,1H3,(H,22,23). The van der Waals surface area contributed by atoms with Crippen LogP contribution in [0.1, 0.15) is 18.9 Å². The average molecular weight is 375 g/mol. The zero-order chi connectivity index (χ0) is 18.7. The molecule has 0 aliphatic carbocycles. The highest BCUT2D eigenvalue weighted by Gasteiger charge is 2.25. The van der Waals surface area contributed by atoms with Gasteiger partial charge in [0, 0.05) is 45.2 Å². The molecule has 6 heteroatoms. The van der Waals surface area contributed by atoms with E-state index in [0.717, 1.165) is 71.6 Å². The van der Waals surface area contributed by atoms with Crippen molar-refractivity contribution in [2.75, 3.05) is 65.6 Å². The fourth-order valence-electron chi connectivity index (χ4n) is 3.63. The maximum Gasteiger partial charge on any atom is 0.193 e. The van der Waals surface area contributed by atoms with Crippen LogP contribution in [0.5, 0.6) is 0 Å². The van der Waals surface area contributed by atoms with Gasteiger partial charge in [0.05, 0.1) is 33.0 Å². The highest BCUT2D eigenvalue weighted by Crippen LogP contribution is 2.17. The van der Waals surface area contributed by atoms with Crippen LogP contribution in [-0.4, -0.2) is 81.4 Å². The number of hydrogen-bond donors (Lipinski definition) is 1. The summed E-state index contributed by atoms with van der Waals surface area (Å²) in [6, 6.07) is 10.4. The lowest BCUT2D eigenvalue weighted by molar-refractivity contribution is 0.0394. The van der Waals surface area contributed by atoms with Gasteiger partial charge in [-0.05, 0) is 18.9 Å². The normalized spacial score (nSPS) is 21.6. The average Bonchev–Trinajstić information content (AvgIpc) is 3.18. The highest BCUT2D eigenvalue weighted by atomic mass is 16.5. The molecule has 2 aliphatic rings. The van der Waals surface area contributed by atoms with Crippen molar-refractivity contribution in [3.63, 3.8) is 0 Å². The van der Waals surface area contributed by atoms with Crippen molar-refractivity contribution >= 4 is 5.96 Å². The topological polar surface area (TPSA) is 49.3 Å². The van der Waals surface area contributed by atoms with E-state index in [9.17, 15) is 0 Å². The van der Waals surface area contributed by atoms with E-state index in [2.05, 4.69) is 46.3 Å². The number of morpholine rings is 1. The molecule has 3 rings (SSSR count). The largest absolute Gasteiger partial charge is 0.379 e. The van der Waals surface area contributed by atoms with Crippen molar-refractivity contribution in [1.29, 1.82) is 0 Å². The first-order valence-corrected chi connectivity index (χ1v) is 10.3. The van der Waals surface area contributed by atoms with Gasteiger partial charge < -0.3 is 19.7 Å². The third-order valence-corrected chi connectivity index (χ3v) is 5.17. The van der Waals surface area contributed by atoms with Crippen LogP contribution in [0.2, 0.25) is 0 Å². The molecule has 0 saturated carbocycles. The molecular formula is C21H34N4O2. The number of aliphatic imine (C=N–C) groups is 1. The fourth-order valence-corrected chi connectivity index (χ4v) is 3.63. The van der Waals surface area contributed by atoms with Gasteiger partial charge in [0.1, 0.15) is 0 Å². The summed E-state index contributed by atoms with van der Waals surface area (Å²) < 4.78 is 11.4. The Hall–Kier alpha value is -1.63. The zero-order valence-electron chi connectivity index (χ0n) is 16.6. The molecule has 2 aliphatic heterocycles. The Morgan fingerprint density at radius 3 is 2.81 bits per heavy atom. The summed E-state index contributed by atoms with van der Waals surface area (Å²) >= 11 is 0. The molecule has 2 heterocycles. The molecule has 150 valence electrons. The van der Waals surface area contributed by atoms with E-state index in [1.54, 1.807) is 0 Å². The Balaban J connectivity index is 1.40. The van der Waals surface area contributed by atoms with Gasteiger partial charge >= 0.3 is 0 Å². The van der Waals surface area contributed by atoms with Crippen LogP contribution in [0.3, 0.4) is 0 Å². The van der Waals surface area contributed by atoms with Crippen LogP contribution in [0.25, 0.3) is 0 Å². The molecule has 1 aromatic rings. The van der Waals surface area contributed by atoms with Crippen molar-refractivity contribution < 1.29 is 9.47 Å². The van der Waals surface area contributed by atoms with Crippen LogP contribution >= 0.6 is 0 Å². The van der Waals surface area contributed by atoms with E-state index >= 15 is 0 Å². The first-order chi connectivity index (χ1) is 13.3. The quantitative estimate of drug-likeness (QED) is 0.556. The molecule has 0 aromatic heterocycles. The highest BCUT2D eigenvalue weighted by molar-refractivity contribution is 5.80. The Morgan fingerprint density at radius 1 is 1.22 bits per heavy atom. The van der Waals surface area contributed by atoms with Crippen LogP contribution in [0, 0.1) is 5.92 Å². The van der Waals surface area contributed by atoms with Gasteiger partial charge in [-0.1, -0.05) is 30.3 Å². The van der Waals surface area contributed by atoms with Crippen molar-refractivity contribution in [1.82, 2.24) is 15.1 Å². The monoisotopic (exact) mass is 374 g/mol. The second-order valence-electron chi connectivity index (χ2n) is 7.29. The van der Waals surface area contributed by atoms with Gasteiger partial charge in [-0.25, -0.2) is 0 Å². The third-order valence-electron chi connectivity index (χ3n) is 5.17. The number of benzene rings is 1. The molecule has 0 spiro atoms. The molecule has 6 nitrogen and oxygen atoms in total. The molecule has 27 heavy (non-hydrogen) atoms. The first-order valence-electron chi connectivity index (χ1n) is 10.3. The molecule has 2 fully saturated rings. The van der Waals surface area contributed by atoms with Crippen LogP contribution in [0.15, 0.2) is 35.3 Å². The van der Waals surface area contributed by atoms with E-state index in [1.165, 1.54) is 12.0 Å². The molecule has 2 saturated heterocycles. The van der Waals surface area contributed by atoms with E-state index in [-0.39, 0.29) is 0 Å². The van der Waals surface area contributed by atoms with Crippen LogP contribution in [-0.2, 0) is 16.1 Å². The molecule has 1 aromatic carbocycles. The lowest BCUT2D eigenvalue weighted by Crippen LogP contribution is -2.41. The first kappa shape index (κ1) is 20.1. The number of hydrogen-bond acceptors (Lipinski definition) is 4. The van der Waals surface area contributed by atoms with Gasteiger partial charge in [0.2, 0.25) is 0 Å². The Bertz CT molecular complexity index is 561. The van der Waals surface area contributed by atoms with E-state index < -0.39 is 0 Å². The van der Waals surface area contributed by atoms with Crippen molar-refractivity contribution in [2.24, 2.45) is 10.9 Å². The summed E-state index contributed by atoms with van der Waals surface area (Å²) in [4.78, 5) is 9.68. The van der Waals surface area contributed by atoms with Gasteiger partial charge in [-0.2, -0.15) is 0 Å². The molecule has 0 bridgehead atoms. The summed E-state index contributed by atoms with van der Waals surface area (Å²) in [7, 11) is 0. The molecular weight excluding hydrogens is 340 g/mol. The number of guanidine groups is 1. The van der Waals surface area contributed by atoms with Crippen molar-refractivity contribution in [3.8, 4) is 0 Å². The van der Waals surface area contributed by atoms with Crippen molar-refractivity contribution in [3.05, 3.63) is 35.9 Å². The zero-order valence-corrected chi connectivity index (χ0v) is 16.6. The number of nitrogens with one attached hydrogen (secondary N) is 1. The van der Waals surface area contributed by atoms with Crippen LogP contribution in [0.4, 0.5) is 0 Å². The molecule has 0 amide bonds. The Morgan fingerprint density at radius 2 is 2.04 bits per heavy atom. The molecule has 1 unspecified atom stereocenters. The van der Waals surface area contributed by atoms with E-state index in [1.807, 2.05) is 6.07 Å². The maximum atomic E-state index is 5.95. The number of likely N-dealkylation sites (tertiary alicyclic amines) is 1. The number of nitrogens with zero attached hydrogens (tertiary/aromatic N) is 3. The predicted molar refractivity (Wildman–Crippen MR) is 109 cm³/mol. The third kappa shape index (κ3) is 6.79. The molecule has 1 N–H and O–H groups in total. The van der Waals surface area contributed by atoms with Crippen molar-refractivity contribution in [2.45, 2.75) is 20.0 Å². The second-order valence-corrected chi connectivity index (χ2v) is 7.29. The summed E-state index contributed by atoms with van der Waals surface area (Å²) in [6.07, 6.45) is 1.17. The lowest BCUT2D eigenvalue weighted by atomic mass is 10.1. The van der Waals surface area contributed by atoms with Gasteiger partial charge in [-0.3, -0.25) is 9.89 Å². The molecule has 0 radical (unpaired) electrons. The minimum absolute atomic E-state index is 0.580. The summed E-state index contributed by atoms with van der Waals surface area (Å²) in [6.45, 7) is 12.2. The summed E-state index contributed by atoms with van der Waals surface area (Å²) in [5.74, 6) is 1.63. The van der Waals surface area contributed by atoms with Gasteiger partial charge in [0.25, 0.3) is 0 Å². The Kier molecular flexibility index (Phi) is 8.39. The van der Waals surface area contributed by atoms with E-state index in [4.69, 9.17) is 14.5 Å².